The molecule has 2 rings (SSSR count). The lowest BCUT2D eigenvalue weighted by molar-refractivity contribution is 0.155. The molecular weight excluding hydrogens is 237 g/mol. The maximum absolute atomic E-state index is 13.0. The zero-order valence-corrected chi connectivity index (χ0v) is 10.3. The summed E-state index contributed by atoms with van der Waals surface area (Å²) >= 11 is 0. The minimum absolute atomic E-state index is 0.234. The monoisotopic (exact) mass is 251 g/mol. The maximum atomic E-state index is 13.0. The van der Waals surface area contributed by atoms with Gasteiger partial charge in [-0.2, -0.15) is 0 Å². The molecule has 1 heterocycles. The van der Waals surface area contributed by atoms with Gasteiger partial charge >= 0.3 is 0 Å². The van der Waals surface area contributed by atoms with E-state index in [0.717, 1.165) is 5.56 Å². The number of rotatable bonds is 5. The van der Waals surface area contributed by atoms with E-state index in [1.54, 1.807) is 19.2 Å². The molecule has 0 bridgehead atoms. The highest BCUT2D eigenvalue weighted by Gasteiger charge is 2.06. The highest BCUT2D eigenvalue weighted by atomic mass is 19.1. The summed E-state index contributed by atoms with van der Waals surface area (Å²) in [6, 6.07) is 6.17. The van der Waals surface area contributed by atoms with Gasteiger partial charge in [-0.15, -0.1) is 0 Å². The topological polar surface area (TPSA) is 44.5 Å². The quantitative estimate of drug-likeness (QED) is 0.819. The van der Waals surface area contributed by atoms with Crippen LogP contribution in [0.25, 0.3) is 0 Å². The minimum Gasteiger partial charge on any atom is -0.487 e. The predicted octanol–water partition coefficient (Wildman–Crippen LogP) is 2.85. The van der Waals surface area contributed by atoms with E-state index in [2.05, 4.69) is 5.16 Å². The molecule has 1 aromatic heterocycles. The Morgan fingerprint density at radius 3 is 2.89 bits per heavy atom. The van der Waals surface area contributed by atoms with E-state index in [1.165, 1.54) is 12.1 Å². The number of aromatic nitrogens is 1. The van der Waals surface area contributed by atoms with Crippen LogP contribution in [0.5, 0.6) is 5.75 Å². The van der Waals surface area contributed by atoms with Gasteiger partial charge in [0.1, 0.15) is 30.5 Å². The summed E-state index contributed by atoms with van der Waals surface area (Å²) in [6.07, 6.45) is 0. The van der Waals surface area contributed by atoms with Crippen LogP contribution in [-0.2, 0) is 18.0 Å². The van der Waals surface area contributed by atoms with Crippen molar-refractivity contribution in [3.63, 3.8) is 0 Å². The van der Waals surface area contributed by atoms with Gasteiger partial charge in [0.25, 0.3) is 0 Å². The highest BCUT2D eigenvalue weighted by Crippen LogP contribution is 2.20. The van der Waals surface area contributed by atoms with Crippen LogP contribution in [0.1, 0.15) is 17.0 Å². The average molecular weight is 251 g/mol. The van der Waals surface area contributed by atoms with Crippen LogP contribution in [-0.4, -0.2) is 12.3 Å². The van der Waals surface area contributed by atoms with E-state index < -0.39 is 0 Å². The fourth-order valence-electron chi connectivity index (χ4n) is 1.52. The van der Waals surface area contributed by atoms with E-state index in [4.69, 9.17) is 14.0 Å². The third-order valence-electron chi connectivity index (χ3n) is 2.42. The fraction of sp³-hybridized carbons (Fsp3) is 0.308. The lowest BCUT2D eigenvalue weighted by Gasteiger charge is -2.06. The van der Waals surface area contributed by atoms with Crippen molar-refractivity contribution in [2.24, 2.45) is 0 Å². The van der Waals surface area contributed by atoms with Crippen molar-refractivity contribution < 1.29 is 18.4 Å². The Morgan fingerprint density at radius 1 is 1.28 bits per heavy atom. The molecule has 4 nitrogen and oxygen atoms in total. The predicted molar refractivity (Wildman–Crippen MR) is 62.7 cm³/mol. The molecule has 2 aromatic rings. The largest absolute Gasteiger partial charge is 0.487 e. The lowest BCUT2D eigenvalue weighted by atomic mass is 10.2. The number of methoxy groups -OCH3 is 1. The molecule has 0 atom stereocenters. The van der Waals surface area contributed by atoms with Crippen molar-refractivity contribution >= 4 is 0 Å². The molecule has 0 spiro atoms. The summed E-state index contributed by atoms with van der Waals surface area (Å²) < 4.78 is 28.5. The first kappa shape index (κ1) is 12.6. The molecule has 0 unspecified atom stereocenters. The Hall–Kier alpha value is -1.88. The Bertz CT molecular complexity index is 525. The molecule has 0 aliphatic heterocycles. The molecule has 1 aromatic carbocycles. The smallest absolute Gasteiger partial charge is 0.162 e. The summed E-state index contributed by atoms with van der Waals surface area (Å²) in [7, 11) is 1.58. The molecular formula is C13H14FNO3. The first-order valence-corrected chi connectivity index (χ1v) is 5.51. The van der Waals surface area contributed by atoms with E-state index in [0.29, 0.717) is 23.8 Å². The van der Waals surface area contributed by atoms with E-state index >= 15 is 0 Å². The number of hydrogen-bond acceptors (Lipinski definition) is 4. The summed E-state index contributed by atoms with van der Waals surface area (Å²) in [6.45, 7) is 2.46. The molecule has 0 saturated carbocycles. The molecule has 0 aliphatic rings. The molecule has 0 saturated heterocycles. The zero-order valence-electron chi connectivity index (χ0n) is 10.3. The Balaban J connectivity index is 1.99. The lowest BCUT2D eigenvalue weighted by Crippen LogP contribution is -1.97. The fourth-order valence-corrected chi connectivity index (χ4v) is 1.52. The van der Waals surface area contributed by atoms with Crippen LogP contribution in [0.2, 0.25) is 0 Å². The summed E-state index contributed by atoms with van der Waals surface area (Å²) in [5.41, 5.74) is 1.52. The van der Waals surface area contributed by atoms with Gasteiger partial charge in [-0.05, 0) is 18.6 Å². The Morgan fingerprint density at radius 2 is 2.11 bits per heavy atom. The molecule has 0 fully saturated rings. The first-order chi connectivity index (χ1) is 8.69. The summed E-state index contributed by atoms with van der Waals surface area (Å²) in [4.78, 5) is 0. The second kappa shape index (κ2) is 5.64. The van der Waals surface area contributed by atoms with Gasteiger partial charge in [0.15, 0.2) is 5.76 Å². The van der Waals surface area contributed by atoms with Crippen molar-refractivity contribution in [2.75, 3.05) is 7.11 Å². The Labute approximate surface area is 104 Å². The Kier molecular flexibility index (Phi) is 3.94. The van der Waals surface area contributed by atoms with Gasteiger partial charge in [0, 0.05) is 19.2 Å². The SMILES string of the molecule is COCc1cc(COc2cc(F)ccc2C)no1. The molecule has 0 amide bonds. The minimum atomic E-state index is -0.323. The third-order valence-corrected chi connectivity index (χ3v) is 2.42. The molecule has 96 valence electrons. The maximum Gasteiger partial charge on any atom is 0.162 e. The highest BCUT2D eigenvalue weighted by molar-refractivity contribution is 5.32. The molecule has 5 heteroatoms. The van der Waals surface area contributed by atoms with Crippen LogP contribution in [0.15, 0.2) is 28.8 Å². The summed E-state index contributed by atoms with van der Waals surface area (Å²) in [5.74, 6) is 0.814. The van der Waals surface area contributed by atoms with Gasteiger partial charge in [-0.3, -0.25) is 0 Å². The second-order valence-corrected chi connectivity index (χ2v) is 3.92. The van der Waals surface area contributed by atoms with Crippen LogP contribution < -0.4 is 4.74 Å². The first-order valence-electron chi connectivity index (χ1n) is 5.51. The summed E-state index contributed by atoms with van der Waals surface area (Å²) in [5, 5.41) is 3.83. The van der Waals surface area contributed by atoms with Gasteiger partial charge in [-0.1, -0.05) is 11.2 Å². The van der Waals surface area contributed by atoms with Crippen molar-refractivity contribution in [1.82, 2.24) is 5.16 Å². The van der Waals surface area contributed by atoms with Gasteiger partial charge < -0.3 is 14.0 Å². The van der Waals surface area contributed by atoms with Crippen molar-refractivity contribution in [2.45, 2.75) is 20.1 Å². The average Bonchev–Trinajstić information content (AvgIpc) is 2.79. The number of aryl methyl sites for hydroxylation is 1. The van der Waals surface area contributed by atoms with Gasteiger partial charge in [0.05, 0.1) is 0 Å². The second-order valence-electron chi connectivity index (χ2n) is 3.92. The van der Waals surface area contributed by atoms with Gasteiger partial charge in [-0.25, -0.2) is 4.39 Å². The number of ether oxygens (including phenoxy) is 2. The van der Waals surface area contributed by atoms with Crippen LogP contribution in [0.3, 0.4) is 0 Å². The van der Waals surface area contributed by atoms with Crippen molar-refractivity contribution in [1.29, 1.82) is 0 Å². The van der Waals surface area contributed by atoms with Crippen molar-refractivity contribution in [3.8, 4) is 5.75 Å². The van der Waals surface area contributed by atoms with Crippen LogP contribution >= 0.6 is 0 Å². The molecule has 0 radical (unpaired) electrons. The standard InChI is InChI=1S/C13H14FNO3/c1-9-3-4-10(14)5-13(9)17-7-11-6-12(8-16-2)18-15-11/h3-6H,7-8H2,1-2H3. The number of benzene rings is 1. The third kappa shape index (κ3) is 3.07. The number of halogens is 1. The number of nitrogens with zero attached hydrogens (tertiary/aromatic N) is 1. The van der Waals surface area contributed by atoms with Crippen molar-refractivity contribution in [3.05, 3.63) is 47.1 Å². The van der Waals surface area contributed by atoms with E-state index in [1.807, 2.05) is 6.92 Å². The molecule has 0 aliphatic carbocycles. The normalized spacial score (nSPS) is 10.6. The van der Waals surface area contributed by atoms with Crippen LogP contribution in [0, 0.1) is 12.7 Å². The van der Waals surface area contributed by atoms with E-state index in [9.17, 15) is 4.39 Å². The number of hydrogen-bond donors (Lipinski definition) is 0. The zero-order chi connectivity index (χ0) is 13.0. The molecule has 18 heavy (non-hydrogen) atoms. The van der Waals surface area contributed by atoms with E-state index in [-0.39, 0.29) is 12.4 Å². The molecule has 0 N–H and O–H groups in total. The van der Waals surface area contributed by atoms with Gasteiger partial charge in [0.2, 0.25) is 0 Å². The van der Waals surface area contributed by atoms with Crippen LogP contribution in [0.4, 0.5) is 4.39 Å².